The summed E-state index contributed by atoms with van der Waals surface area (Å²) in [6.45, 7) is 3.25. The molecular formula is C23H34F2N2O3. The standard InChI is InChI=1S/C23H34F2N2O3/c1-3-20(27-23(30)9-8-16-6-4-5-7-16)14-22(29)21(26-15(2)28)12-17-10-18(24)13-19(25)11-17/h10-11,13,16,20-22,29H,3-9,12,14H2,1-2H3,(H,26,28)(H,27,30)/t20?,21-,22-/m0/s1. The van der Waals surface area contributed by atoms with Gasteiger partial charge >= 0.3 is 0 Å². The number of carbonyl (C=O) groups is 2. The third kappa shape index (κ3) is 8.38. The Morgan fingerprint density at radius 2 is 1.77 bits per heavy atom. The van der Waals surface area contributed by atoms with Crippen molar-refractivity contribution in [3.63, 3.8) is 0 Å². The van der Waals surface area contributed by atoms with Gasteiger partial charge < -0.3 is 15.7 Å². The third-order valence-electron chi connectivity index (χ3n) is 5.87. The molecule has 0 saturated heterocycles. The first-order valence-electron chi connectivity index (χ1n) is 11.0. The molecule has 0 radical (unpaired) electrons. The summed E-state index contributed by atoms with van der Waals surface area (Å²) >= 11 is 0. The average Bonchev–Trinajstić information content (AvgIpc) is 3.17. The van der Waals surface area contributed by atoms with Crippen molar-refractivity contribution in [2.75, 3.05) is 0 Å². The lowest BCUT2D eigenvalue weighted by atomic mass is 9.95. The molecule has 1 aromatic rings. The molecule has 1 aliphatic rings. The molecule has 1 fully saturated rings. The number of rotatable bonds is 11. The minimum Gasteiger partial charge on any atom is -0.391 e. The Kier molecular flexibility index (Phi) is 9.69. The second kappa shape index (κ2) is 12.0. The van der Waals surface area contributed by atoms with Crippen molar-refractivity contribution in [1.29, 1.82) is 0 Å². The lowest BCUT2D eigenvalue weighted by molar-refractivity contribution is -0.123. The van der Waals surface area contributed by atoms with Crippen LogP contribution in [0, 0.1) is 17.6 Å². The van der Waals surface area contributed by atoms with E-state index in [0.29, 0.717) is 24.3 Å². The zero-order valence-electron chi connectivity index (χ0n) is 17.9. The fourth-order valence-corrected chi connectivity index (χ4v) is 4.24. The molecule has 5 nitrogen and oxygen atoms in total. The molecule has 30 heavy (non-hydrogen) atoms. The van der Waals surface area contributed by atoms with E-state index < -0.39 is 23.8 Å². The lowest BCUT2D eigenvalue weighted by Crippen LogP contribution is -2.47. The highest BCUT2D eigenvalue weighted by Gasteiger charge is 2.25. The summed E-state index contributed by atoms with van der Waals surface area (Å²) < 4.78 is 27.0. The van der Waals surface area contributed by atoms with Gasteiger partial charge in [-0.3, -0.25) is 9.59 Å². The maximum absolute atomic E-state index is 13.5. The smallest absolute Gasteiger partial charge is 0.220 e. The van der Waals surface area contributed by atoms with E-state index in [1.807, 2.05) is 6.92 Å². The third-order valence-corrected chi connectivity index (χ3v) is 5.87. The number of carbonyl (C=O) groups excluding carboxylic acids is 2. The summed E-state index contributed by atoms with van der Waals surface area (Å²) in [5.41, 5.74) is 0.346. The van der Waals surface area contributed by atoms with Crippen LogP contribution in [0.2, 0.25) is 0 Å². The van der Waals surface area contributed by atoms with Crippen LogP contribution in [-0.4, -0.2) is 35.1 Å². The number of hydrogen-bond donors (Lipinski definition) is 3. The Morgan fingerprint density at radius 1 is 1.13 bits per heavy atom. The molecule has 1 aromatic carbocycles. The number of aliphatic hydroxyl groups excluding tert-OH is 1. The summed E-state index contributed by atoms with van der Waals surface area (Å²) in [5.74, 6) is -1.14. The summed E-state index contributed by atoms with van der Waals surface area (Å²) in [4.78, 5) is 23.9. The van der Waals surface area contributed by atoms with Crippen LogP contribution in [0.3, 0.4) is 0 Å². The molecule has 0 bridgehead atoms. The monoisotopic (exact) mass is 424 g/mol. The van der Waals surface area contributed by atoms with Crippen molar-refractivity contribution in [1.82, 2.24) is 10.6 Å². The molecule has 1 aliphatic carbocycles. The second-order valence-electron chi connectivity index (χ2n) is 8.45. The molecule has 7 heteroatoms. The van der Waals surface area contributed by atoms with Crippen LogP contribution >= 0.6 is 0 Å². The van der Waals surface area contributed by atoms with Gasteiger partial charge in [-0.1, -0.05) is 32.6 Å². The Bertz CT molecular complexity index is 687. The predicted molar refractivity (Wildman–Crippen MR) is 112 cm³/mol. The fraction of sp³-hybridized carbons (Fsp3) is 0.652. The summed E-state index contributed by atoms with van der Waals surface area (Å²) in [6.07, 6.45) is 6.25. The van der Waals surface area contributed by atoms with Gasteiger partial charge in [0, 0.05) is 25.5 Å². The maximum Gasteiger partial charge on any atom is 0.220 e. The van der Waals surface area contributed by atoms with Crippen LogP contribution in [0.4, 0.5) is 8.78 Å². The number of nitrogens with one attached hydrogen (secondary N) is 2. The number of halogens is 2. The molecule has 2 amide bonds. The normalized spacial score (nSPS) is 17.4. The summed E-state index contributed by atoms with van der Waals surface area (Å²) in [7, 11) is 0. The van der Waals surface area contributed by atoms with Gasteiger partial charge in [-0.25, -0.2) is 8.78 Å². The summed E-state index contributed by atoms with van der Waals surface area (Å²) in [5, 5.41) is 16.4. The zero-order chi connectivity index (χ0) is 22.1. The van der Waals surface area contributed by atoms with Gasteiger partial charge in [0.15, 0.2) is 0 Å². The van der Waals surface area contributed by atoms with E-state index in [9.17, 15) is 23.5 Å². The van der Waals surface area contributed by atoms with Crippen LogP contribution in [0.1, 0.15) is 70.8 Å². The largest absolute Gasteiger partial charge is 0.391 e. The number of hydrogen-bond acceptors (Lipinski definition) is 3. The first-order valence-corrected chi connectivity index (χ1v) is 11.0. The average molecular weight is 425 g/mol. The first-order chi connectivity index (χ1) is 14.3. The van der Waals surface area contributed by atoms with Gasteiger partial charge in [0.2, 0.25) is 11.8 Å². The zero-order valence-corrected chi connectivity index (χ0v) is 17.9. The van der Waals surface area contributed by atoms with E-state index in [0.717, 1.165) is 12.5 Å². The lowest BCUT2D eigenvalue weighted by Gasteiger charge is -2.27. The molecule has 168 valence electrons. The van der Waals surface area contributed by atoms with Crippen LogP contribution in [-0.2, 0) is 16.0 Å². The molecule has 0 spiro atoms. The molecule has 3 N–H and O–H groups in total. The molecule has 0 heterocycles. The van der Waals surface area contributed by atoms with Gasteiger partial charge in [0.05, 0.1) is 12.1 Å². The second-order valence-corrected chi connectivity index (χ2v) is 8.45. The van der Waals surface area contributed by atoms with Crippen molar-refractivity contribution in [2.24, 2.45) is 5.92 Å². The van der Waals surface area contributed by atoms with Crippen molar-refractivity contribution in [3.8, 4) is 0 Å². The van der Waals surface area contributed by atoms with Gasteiger partial charge in [0.25, 0.3) is 0 Å². The quantitative estimate of drug-likeness (QED) is 0.508. The van der Waals surface area contributed by atoms with Crippen molar-refractivity contribution < 1.29 is 23.5 Å². The maximum atomic E-state index is 13.5. The van der Waals surface area contributed by atoms with Crippen LogP contribution in [0.25, 0.3) is 0 Å². The molecule has 0 aromatic heterocycles. The Hall–Kier alpha value is -2.02. The molecular weight excluding hydrogens is 390 g/mol. The Balaban J connectivity index is 1.93. The van der Waals surface area contributed by atoms with Crippen molar-refractivity contribution in [3.05, 3.63) is 35.4 Å². The van der Waals surface area contributed by atoms with E-state index in [-0.39, 0.29) is 30.7 Å². The van der Waals surface area contributed by atoms with Crippen molar-refractivity contribution in [2.45, 2.75) is 89.8 Å². The Morgan fingerprint density at radius 3 is 2.33 bits per heavy atom. The number of benzene rings is 1. The van der Waals surface area contributed by atoms with Gasteiger partial charge in [-0.15, -0.1) is 0 Å². The van der Waals surface area contributed by atoms with E-state index in [1.165, 1.54) is 44.7 Å². The SMILES string of the molecule is CCC(C[C@H](O)[C@H](Cc1cc(F)cc(F)c1)NC(C)=O)NC(=O)CCC1CCCC1. The molecule has 2 rings (SSSR count). The molecule has 0 aliphatic heterocycles. The molecule has 3 atom stereocenters. The van der Waals surface area contributed by atoms with Crippen LogP contribution in [0.5, 0.6) is 0 Å². The highest BCUT2D eigenvalue weighted by atomic mass is 19.1. The van der Waals surface area contributed by atoms with Crippen LogP contribution in [0.15, 0.2) is 18.2 Å². The number of aliphatic hydroxyl groups is 1. The van der Waals surface area contributed by atoms with Gasteiger partial charge in [-0.2, -0.15) is 0 Å². The van der Waals surface area contributed by atoms with E-state index in [2.05, 4.69) is 10.6 Å². The van der Waals surface area contributed by atoms with E-state index in [1.54, 1.807) is 0 Å². The first kappa shape index (κ1) is 24.3. The Labute approximate surface area is 177 Å². The van der Waals surface area contributed by atoms with Crippen molar-refractivity contribution >= 4 is 11.8 Å². The topological polar surface area (TPSA) is 78.4 Å². The molecule has 1 saturated carbocycles. The summed E-state index contributed by atoms with van der Waals surface area (Å²) in [6, 6.07) is 2.20. The number of amides is 2. The minimum absolute atomic E-state index is 0.0239. The van der Waals surface area contributed by atoms with Gasteiger partial charge in [-0.05, 0) is 49.3 Å². The fourth-order valence-electron chi connectivity index (χ4n) is 4.24. The van der Waals surface area contributed by atoms with E-state index >= 15 is 0 Å². The predicted octanol–water partition coefficient (Wildman–Crippen LogP) is 3.63. The minimum atomic E-state index is -0.972. The molecule has 1 unspecified atom stereocenters. The van der Waals surface area contributed by atoms with Gasteiger partial charge in [0.1, 0.15) is 11.6 Å². The highest BCUT2D eigenvalue weighted by molar-refractivity contribution is 5.76. The van der Waals surface area contributed by atoms with E-state index in [4.69, 9.17) is 0 Å². The van der Waals surface area contributed by atoms with Crippen LogP contribution < -0.4 is 10.6 Å². The highest BCUT2D eigenvalue weighted by Crippen LogP contribution is 2.28.